The lowest BCUT2D eigenvalue weighted by molar-refractivity contribution is -0.0579. The van der Waals surface area contributed by atoms with Crippen molar-refractivity contribution in [1.82, 2.24) is 14.5 Å². The summed E-state index contributed by atoms with van der Waals surface area (Å²) in [4.78, 5) is 32.6. The molecule has 6 rings (SSSR count). The highest BCUT2D eigenvalue weighted by atomic mass is 19.3. The lowest BCUT2D eigenvalue weighted by Crippen LogP contribution is -2.59. The molecule has 4 heterocycles. The first-order valence-corrected chi connectivity index (χ1v) is 14.4. The van der Waals surface area contributed by atoms with Crippen molar-refractivity contribution < 1.29 is 27.8 Å². The second kappa shape index (κ2) is 10.2. The topological polar surface area (TPSA) is 112 Å². The summed E-state index contributed by atoms with van der Waals surface area (Å²) in [6.07, 6.45) is 1.47. The van der Waals surface area contributed by atoms with Crippen LogP contribution in [-0.4, -0.2) is 69.9 Å². The number of halogens is 3. The van der Waals surface area contributed by atoms with Gasteiger partial charge in [-0.2, -0.15) is 0 Å². The van der Waals surface area contributed by atoms with Crippen LogP contribution in [0.3, 0.4) is 0 Å². The molecule has 230 valence electrons. The van der Waals surface area contributed by atoms with Crippen LogP contribution in [0.25, 0.3) is 10.9 Å². The number of carboxylic acid groups (broad SMARTS) is 1. The number of rotatable bonds is 4. The first-order valence-electron chi connectivity index (χ1n) is 14.4. The molecule has 0 bridgehead atoms. The molecule has 0 radical (unpaired) electrons. The summed E-state index contributed by atoms with van der Waals surface area (Å²) in [5.74, 6) is -3.66. The quantitative estimate of drug-likeness (QED) is 0.373. The lowest BCUT2D eigenvalue weighted by Gasteiger charge is -2.46. The van der Waals surface area contributed by atoms with Crippen LogP contribution in [0.15, 0.2) is 35.3 Å². The molecule has 43 heavy (non-hydrogen) atoms. The molecule has 2 aliphatic heterocycles. The van der Waals surface area contributed by atoms with Crippen molar-refractivity contribution in [2.45, 2.75) is 51.6 Å². The highest BCUT2D eigenvalue weighted by Gasteiger charge is 2.51. The van der Waals surface area contributed by atoms with E-state index in [1.54, 1.807) is 31.3 Å². The fourth-order valence-corrected chi connectivity index (χ4v) is 6.10. The number of nitrogens with zero attached hydrogens (tertiary/aromatic N) is 4. The summed E-state index contributed by atoms with van der Waals surface area (Å²) in [6, 6.07) is 5.14. The maximum Gasteiger partial charge on any atom is 0.407 e. The van der Waals surface area contributed by atoms with E-state index in [4.69, 9.17) is 4.74 Å². The summed E-state index contributed by atoms with van der Waals surface area (Å²) in [5.41, 5.74) is 0.459. The zero-order valence-electron chi connectivity index (χ0n) is 24.5. The molecule has 1 saturated carbocycles. The standard InChI is InChI=1S/C30H35F3N6O4/c1-29(2,3)22-14-38(9-10-39(22)28(41)42)23-12-20(19(31)13-34-23)35-17-7-8-21-18(11-17)24-25(27(40)37(21)4)43-15-30(32,33)26(36-24)16-5-6-16/h7-8,11-13,16,22,26,36H,5-6,9-10,14-15H2,1-4H3,(H,34,35)(H,41,42). The number of aryl methyl sites for hydroxylation is 1. The van der Waals surface area contributed by atoms with Crippen LogP contribution in [0.1, 0.15) is 33.6 Å². The van der Waals surface area contributed by atoms with E-state index in [-0.39, 0.29) is 41.0 Å². The highest BCUT2D eigenvalue weighted by molar-refractivity contribution is 5.97. The van der Waals surface area contributed by atoms with Crippen LogP contribution in [-0.2, 0) is 7.05 Å². The Labute approximate surface area is 246 Å². The predicted octanol–water partition coefficient (Wildman–Crippen LogP) is 5.25. The van der Waals surface area contributed by atoms with Crippen LogP contribution in [0.4, 0.5) is 40.8 Å². The smallest absolute Gasteiger partial charge is 0.407 e. The number of hydrogen-bond donors (Lipinski definition) is 3. The number of anilines is 4. The molecule has 1 aromatic carbocycles. The van der Waals surface area contributed by atoms with E-state index in [0.717, 1.165) is 6.20 Å². The van der Waals surface area contributed by atoms with Crippen molar-refractivity contribution >= 4 is 39.9 Å². The van der Waals surface area contributed by atoms with Gasteiger partial charge >= 0.3 is 12.0 Å². The third kappa shape index (κ3) is 5.29. The van der Waals surface area contributed by atoms with Crippen molar-refractivity contribution in [2.24, 2.45) is 18.4 Å². The minimum atomic E-state index is -3.16. The van der Waals surface area contributed by atoms with Gasteiger partial charge in [0.2, 0.25) is 5.75 Å². The monoisotopic (exact) mass is 600 g/mol. The second-order valence-electron chi connectivity index (χ2n) is 12.8. The van der Waals surface area contributed by atoms with Gasteiger partial charge in [-0.15, -0.1) is 0 Å². The van der Waals surface area contributed by atoms with Crippen LogP contribution < -0.4 is 25.8 Å². The van der Waals surface area contributed by atoms with Crippen LogP contribution in [0, 0.1) is 17.2 Å². The number of pyridine rings is 2. The molecular formula is C30H35F3N6O4. The van der Waals surface area contributed by atoms with Gasteiger partial charge in [-0.25, -0.2) is 22.9 Å². The number of hydrogen-bond acceptors (Lipinski definition) is 7. The van der Waals surface area contributed by atoms with E-state index in [9.17, 15) is 23.5 Å². The molecule has 2 atom stereocenters. The molecule has 13 heteroatoms. The molecule has 3 N–H and O–H groups in total. The molecule has 2 unspecified atom stereocenters. The van der Waals surface area contributed by atoms with Gasteiger partial charge in [0.1, 0.15) is 5.82 Å². The summed E-state index contributed by atoms with van der Waals surface area (Å²) < 4.78 is 51.8. The molecule has 1 amide bonds. The Kier molecular flexibility index (Phi) is 6.89. The Morgan fingerprint density at radius 3 is 2.63 bits per heavy atom. The average molecular weight is 601 g/mol. The molecule has 1 saturated heterocycles. The van der Waals surface area contributed by atoms with Crippen LogP contribution in [0.5, 0.6) is 5.75 Å². The fraction of sp³-hybridized carbons (Fsp3) is 0.500. The number of alkyl halides is 2. The van der Waals surface area contributed by atoms with E-state index in [1.807, 2.05) is 25.7 Å². The number of piperazine rings is 1. The summed E-state index contributed by atoms with van der Waals surface area (Å²) in [6.45, 7) is 6.11. The van der Waals surface area contributed by atoms with Gasteiger partial charge < -0.3 is 34.8 Å². The average Bonchev–Trinajstić information content (AvgIpc) is 3.79. The highest BCUT2D eigenvalue weighted by Crippen LogP contribution is 2.45. The normalized spacial score (nSPS) is 21.9. The van der Waals surface area contributed by atoms with Gasteiger partial charge in [0.15, 0.2) is 12.4 Å². The number of amides is 1. The predicted molar refractivity (Wildman–Crippen MR) is 157 cm³/mol. The molecule has 2 fully saturated rings. The third-order valence-electron chi connectivity index (χ3n) is 8.68. The van der Waals surface area contributed by atoms with Gasteiger partial charge in [-0.1, -0.05) is 20.8 Å². The first kappa shape index (κ1) is 28.9. The minimum absolute atomic E-state index is 0.139. The Hall–Kier alpha value is -4.16. The number of benzene rings is 1. The van der Waals surface area contributed by atoms with E-state index in [0.29, 0.717) is 48.3 Å². The van der Waals surface area contributed by atoms with Gasteiger partial charge in [0.05, 0.1) is 35.2 Å². The number of aromatic nitrogens is 2. The summed E-state index contributed by atoms with van der Waals surface area (Å²) in [5, 5.41) is 16.2. The van der Waals surface area contributed by atoms with E-state index in [2.05, 4.69) is 15.6 Å². The number of fused-ring (bicyclic) bond motifs is 3. The van der Waals surface area contributed by atoms with E-state index in [1.165, 1.54) is 9.47 Å². The molecule has 0 spiro atoms. The van der Waals surface area contributed by atoms with Crippen molar-refractivity contribution in [3.63, 3.8) is 0 Å². The summed E-state index contributed by atoms with van der Waals surface area (Å²) >= 11 is 0. The molecule has 3 aliphatic rings. The van der Waals surface area contributed by atoms with E-state index >= 15 is 4.39 Å². The fourth-order valence-electron chi connectivity index (χ4n) is 6.10. The van der Waals surface area contributed by atoms with Gasteiger partial charge in [0, 0.05) is 43.8 Å². The van der Waals surface area contributed by atoms with Crippen molar-refractivity contribution in [3.05, 3.63) is 46.6 Å². The molecule has 1 aliphatic carbocycles. The SMILES string of the molecule is Cn1c(=O)c2c(c3cc(Nc4cc(N5CCN(C(=O)O)C(C(C)(C)C)C5)ncc4F)ccc31)NC(C1CC1)C(F)(F)CO2. The molecule has 3 aromatic rings. The largest absolute Gasteiger partial charge is 0.480 e. The second-order valence-corrected chi connectivity index (χ2v) is 12.8. The Morgan fingerprint density at radius 2 is 1.95 bits per heavy atom. The van der Waals surface area contributed by atoms with Gasteiger partial charge in [-0.3, -0.25) is 4.79 Å². The number of nitrogens with one attached hydrogen (secondary N) is 2. The van der Waals surface area contributed by atoms with Gasteiger partial charge in [0.25, 0.3) is 5.56 Å². The number of carbonyl (C=O) groups is 1. The first-order chi connectivity index (χ1) is 20.2. The Balaban J connectivity index is 1.34. The molecular weight excluding hydrogens is 565 g/mol. The van der Waals surface area contributed by atoms with Crippen molar-refractivity contribution in [2.75, 3.05) is 41.8 Å². The van der Waals surface area contributed by atoms with E-state index < -0.39 is 36.0 Å². The Bertz CT molecular complexity index is 1650. The lowest BCUT2D eigenvalue weighted by atomic mass is 9.84. The van der Waals surface area contributed by atoms with Crippen molar-refractivity contribution in [1.29, 1.82) is 0 Å². The molecule has 2 aromatic heterocycles. The van der Waals surface area contributed by atoms with Crippen molar-refractivity contribution in [3.8, 4) is 5.75 Å². The zero-order chi connectivity index (χ0) is 30.8. The zero-order valence-corrected chi connectivity index (χ0v) is 24.5. The minimum Gasteiger partial charge on any atom is -0.480 e. The maximum absolute atomic E-state index is 15.1. The summed E-state index contributed by atoms with van der Waals surface area (Å²) in [7, 11) is 1.55. The third-order valence-corrected chi connectivity index (χ3v) is 8.68. The number of ether oxygens (including phenoxy) is 1. The molecule has 10 nitrogen and oxygen atoms in total. The van der Waals surface area contributed by atoms with Crippen LogP contribution >= 0.6 is 0 Å². The Morgan fingerprint density at radius 1 is 1.21 bits per heavy atom. The maximum atomic E-state index is 15.1. The van der Waals surface area contributed by atoms with Crippen LogP contribution in [0.2, 0.25) is 0 Å². The van der Waals surface area contributed by atoms with Gasteiger partial charge in [-0.05, 0) is 42.4 Å².